The number of halogens is 1. The van der Waals surface area contributed by atoms with Crippen LogP contribution in [0.1, 0.15) is 20.3 Å². The predicted molar refractivity (Wildman–Crippen MR) is 77.7 cm³/mol. The van der Waals surface area contributed by atoms with E-state index in [4.69, 9.17) is 5.73 Å². The van der Waals surface area contributed by atoms with Gasteiger partial charge in [0.25, 0.3) is 0 Å². The molecule has 1 fully saturated rings. The monoisotopic (exact) mass is 313 g/mol. The van der Waals surface area contributed by atoms with Crippen molar-refractivity contribution in [3.63, 3.8) is 0 Å². The summed E-state index contributed by atoms with van der Waals surface area (Å²) in [6, 6.07) is -0.477. The molecule has 1 heterocycles. The Kier molecular flexibility index (Phi) is 7.28. The van der Waals surface area contributed by atoms with Crippen molar-refractivity contribution in [1.82, 2.24) is 9.21 Å². The van der Waals surface area contributed by atoms with Crippen molar-refractivity contribution in [3.8, 4) is 0 Å². The minimum absolute atomic E-state index is 0. The van der Waals surface area contributed by atoms with Crippen molar-refractivity contribution in [2.75, 3.05) is 32.4 Å². The summed E-state index contributed by atoms with van der Waals surface area (Å²) < 4.78 is 24.1. The van der Waals surface area contributed by atoms with Gasteiger partial charge in [-0.05, 0) is 12.3 Å². The highest BCUT2D eigenvalue weighted by Gasteiger charge is 2.28. The van der Waals surface area contributed by atoms with Gasteiger partial charge in [-0.2, -0.15) is 4.31 Å². The molecule has 114 valence electrons. The van der Waals surface area contributed by atoms with Crippen LogP contribution >= 0.6 is 12.4 Å². The van der Waals surface area contributed by atoms with Gasteiger partial charge in [0, 0.05) is 26.2 Å². The molecule has 0 aromatic carbocycles. The van der Waals surface area contributed by atoms with Crippen LogP contribution in [-0.2, 0) is 14.8 Å². The first-order chi connectivity index (χ1) is 8.21. The van der Waals surface area contributed by atoms with Gasteiger partial charge in [-0.25, -0.2) is 8.42 Å². The van der Waals surface area contributed by atoms with Crippen LogP contribution in [0.4, 0.5) is 0 Å². The molecule has 1 saturated heterocycles. The number of piperazine rings is 1. The molecule has 8 heteroatoms. The van der Waals surface area contributed by atoms with E-state index >= 15 is 0 Å². The molecule has 6 nitrogen and oxygen atoms in total. The van der Waals surface area contributed by atoms with Gasteiger partial charge in [-0.3, -0.25) is 4.79 Å². The first-order valence-electron chi connectivity index (χ1n) is 6.21. The normalized spacial score (nSPS) is 19.1. The molecular weight excluding hydrogens is 290 g/mol. The van der Waals surface area contributed by atoms with Crippen molar-refractivity contribution in [3.05, 3.63) is 0 Å². The lowest BCUT2D eigenvalue weighted by Gasteiger charge is -2.34. The number of amides is 1. The van der Waals surface area contributed by atoms with Gasteiger partial charge in [0.05, 0.1) is 12.3 Å². The molecule has 1 aliphatic heterocycles. The Morgan fingerprint density at radius 2 is 1.68 bits per heavy atom. The number of hydrogen-bond acceptors (Lipinski definition) is 4. The maximum atomic E-state index is 12.0. The Bertz CT molecular complexity index is 392. The molecule has 0 unspecified atom stereocenters. The van der Waals surface area contributed by atoms with E-state index in [0.29, 0.717) is 38.5 Å². The predicted octanol–water partition coefficient (Wildman–Crippen LogP) is -0.115. The lowest BCUT2D eigenvalue weighted by atomic mass is 10.0. The lowest BCUT2D eigenvalue weighted by Crippen LogP contribution is -2.54. The second-order valence-corrected chi connectivity index (χ2v) is 7.21. The largest absolute Gasteiger partial charge is 0.339 e. The summed E-state index contributed by atoms with van der Waals surface area (Å²) in [6.45, 7) is 5.62. The molecule has 0 spiro atoms. The molecule has 1 rings (SSSR count). The van der Waals surface area contributed by atoms with Crippen molar-refractivity contribution in [2.24, 2.45) is 11.7 Å². The highest BCUT2D eigenvalue weighted by Crippen LogP contribution is 2.10. The Balaban J connectivity index is 0.00000324. The van der Waals surface area contributed by atoms with E-state index in [2.05, 4.69) is 0 Å². The molecule has 0 aromatic rings. The second-order valence-electron chi connectivity index (χ2n) is 5.22. The van der Waals surface area contributed by atoms with Crippen molar-refractivity contribution >= 4 is 28.3 Å². The maximum Gasteiger partial charge on any atom is 0.239 e. The van der Waals surface area contributed by atoms with Crippen LogP contribution < -0.4 is 5.73 Å². The third-order valence-corrected chi connectivity index (χ3v) is 4.37. The smallest absolute Gasteiger partial charge is 0.239 e. The first-order valence-corrected chi connectivity index (χ1v) is 8.06. The highest BCUT2D eigenvalue weighted by atomic mass is 35.5. The maximum absolute atomic E-state index is 12.0. The molecule has 0 radical (unpaired) electrons. The van der Waals surface area contributed by atoms with Gasteiger partial charge >= 0.3 is 0 Å². The summed E-state index contributed by atoms with van der Waals surface area (Å²) in [5, 5.41) is 0. The number of rotatable bonds is 4. The van der Waals surface area contributed by atoms with E-state index in [1.54, 1.807) is 4.90 Å². The Hall–Kier alpha value is -0.370. The average molecular weight is 314 g/mol. The van der Waals surface area contributed by atoms with Gasteiger partial charge in [0.15, 0.2) is 0 Å². The van der Waals surface area contributed by atoms with Crippen molar-refractivity contribution in [1.29, 1.82) is 0 Å². The van der Waals surface area contributed by atoms with E-state index in [-0.39, 0.29) is 18.3 Å². The molecule has 0 saturated carbocycles. The fraction of sp³-hybridized carbons (Fsp3) is 0.909. The number of hydrogen-bond donors (Lipinski definition) is 1. The third kappa shape index (κ3) is 5.64. The van der Waals surface area contributed by atoms with Gasteiger partial charge in [0.2, 0.25) is 15.9 Å². The van der Waals surface area contributed by atoms with Crippen LogP contribution in [0.15, 0.2) is 0 Å². The molecule has 0 aromatic heterocycles. The molecule has 1 aliphatic rings. The molecule has 0 aliphatic carbocycles. The zero-order valence-electron chi connectivity index (χ0n) is 11.7. The Morgan fingerprint density at radius 3 is 2.05 bits per heavy atom. The minimum Gasteiger partial charge on any atom is -0.339 e. The molecule has 1 amide bonds. The van der Waals surface area contributed by atoms with E-state index in [0.717, 1.165) is 0 Å². The van der Waals surface area contributed by atoms with Crippen LogP contribution in [0.5, 0.6) is 0 Å². The number of carbonyl (C=O) groups is 1. The molecule has 0 bridgehead atoms. The highest BCUT2D eigenvalue weighted by molar-refractivity contribution is 7.88. The Morgan fingerprint density at radius 1 is 1.21 bits per heavy atom. The quantitative estimate of drug-likeness (QED) is 0.784. The number of carbonyl (C=O) groups excluding carboxylic acids is 1. The van der Waals surface area contributed by atoms with E-state index < -0.39 is 16.1 Å². The van der Waals surface area contributed by atoms with Gasteiger partial charge in [0.1, 0.15) is 0 Å². The summed E-state index contributed by atoms with van der Waals surface area (Å²) in [4.78, 5) is 13.7. The second kappa shape index (κ2) is 7.42. The van der Waals surface area contributed by atoms with Gasteiger partial charge < -0.3 is 10.6 Å². The fourth-order valence-electron chi connectivity index (χ4n) is 2.08. The zero-order chi connectivity index (χ0) is 13.9. The summed E-state index contributed by atoms with van der Waals surface area (Å²) in [7, 11) is -3.15. The molecular formula is C11H24ClN3O3S. The molecule has 1 atom stereocenters. The minimum atomic E-state index is -3.15. The third-order valence-electron chi connectivity index (χ3n) is 3.06. The van der Waals surface area contributed by atoms with Crippen LogP contribution in [0, 0.1) is 5.92 Å². The Labute approximate surface area is 121 Å². The number of nitrogens with zero attached hydrogens (tertiary/aromatic N) is 2. The average Bonchev–Trinajstić information content (AvgIpc) is 2.26. The van der Waals surface area contributed by atoms with Crippen molar-refractivity contribution in [2.45, 2.75) is 26.3 Å². The summed E-state index contributed by atoms with van der Waals surface area (Å²) in [5.74, 6) is 0.304. The van der Waals surface area contributed by atoms with E-state index in [1.807, 2.05) is 13.8 Å². The van der Waals surface area contributed by atoms with E-state index in [1.165, 1.54) is 10.6 Å². The van der Waals surface area contributed by atoms with Gasteiger partial charge in [-0.1, -0.05) is 13.8 Å². The zero-order valence-corrected chi connectivity index (χ0v) is 13.3. The van der Waals surface area contributed by atoms with Crippen LogP contribution in [0.25, 0.3) is 0 Å². The van der Waals surface area contributed by atoms with Crippen LogP contribution in [0.2, 0.25) is 0 Å². The molecule has 19 heavy (non-hydrogen) atoms. The topological polar surface area (TPSA) is 83.7 Å². The first kappa shape index (κ1) is 18.6. The van der Waals surface area contributed by atoms with Crippen LogP contribution in [0.3, 0.4) is 0 Å². The van der Waals surface area contributed by atoms with E-state index in [9.17, 15) is 13.2 Å². The SMILES string of the molecule is CC(C)C[C@H](N)C(=O)N1CCN(S(C)(=O)=O)CC1.Cl. The van der Waals surface area contributed by atoms with Gasteiger partial charge in [-0.15, -0.1) is 12.4 Å². The lowest BCUT2D eigenvalue weighted by molar-refractivity contribution is -0.134. The van der Waals surface area contributed by atoms with Crippen molar-refractivity contribution < 1.29 is 13.2 Å². The number of sulfonamides is 1. The number of nitrogens with two attached hydrogens (primary N) is 1. The standard InChI is InChI=1S/C11H23N3O3S.ClH/c1-9(2)8-10(12)11(15)13-4-6-14(7-5-13)18(3,16)17;/h9-10H,4-8,12H2,1-3H3;1H/t10-;/m0./s1. The summed E-state index contributed by atoms with van der Waals surface area (Å²) in [5.41, 5.74) is 5.85. The summed E-state index contributed by atoms with van der Waals surface area (Å²) in [6.07, 6.45) is 1.85. The molecule has 2 N–H and O–H groups in total. The fourth-order valence-corrected chi connectivity index (χ4v) is 2.91. The van der Waals surface area contributed by atoms with Crippen LogP contribution in [-0.4, -0.2) is 62.0 Å². The summed E-state index contributed by atoms with van der Waals surface area (Å²) >= 11 is 0.